The second-order valence-corrected chi connectivity index (χ2v) is 8.10. The van der Waals surface area contributed by atoms with E-state index in [0.29, 0.717) is 11.8 Å². The second-order valence-electron chi connectivity index (χ2n) is 7.12. The van der Waals surface area contributed by atoms with E-state index in [9.17, 15) is 9.59 Å². The molecule has 1 N–H and O–H groups in total. The molecule has 0 radical (unpaired) electrons. The predicted octanol–water partition coefficient (Wildman–Crippen LogP) is 3.21. The van der Waals surface area contributed by atoms with Gasteiger partial charge >= 0.3 is 0 Å². The van der Waals surface area contributed by atoms with E-state index in [0.717, 1.165) is 38.8 Å². The number of piperidine rings is 1. The Morgan fingerprint density at radius 3 is 2.39 bits per heavy atom. The van der Waals surface area contributed by atoms with Crippen molar-refractivity contribution in [3.8, 4) is 0 Å². The van der Waals surface area contributed by atoms with Crippen LogP contribution in [0.4, 0.5) is 0 Å². The molecule has 0 spiro atoms. The molecule has 2 fully saturated rings. The number of amides is 2. The minimum absolute atomic E-state index is 0.0412. The molecular formula is C18H26N2O2S. The Bertz CT molecular complexity index is 543. The summed E-state index contributed by atoms with van der Waals surface area (Å²) in [5.41, 5.74) is 0. The average molecular weight is 334 g/mol. The molecule has 23 heavy (non-hydrogen) atoms. The van der Waals surface area contributed by atoms with Gasteiger partial charge in [-0.15, -0.1) is 11.3 Å². The molecule has 0 bridgehead atoms. The maximum absolute atomic E-state index is 12.6. The molecule has 1 aliphatic carbocycles. The summed E-state index contributed by atoms with van der Waals surface area (Å²) < 4.78 is 0. The first-order valence-electron chi connectivity index (χ1n) is 8.69. The summed E-state index contributed by atoms with van der Waals surface area (Å²) >= 11 is 1.69. The Balaban J connectivity index is 1.53. The van der Waals surface area contributed by atoms with Gasteiger partial charge in [0.05, 0.1) is 6.04 Å². The third-order valence-electron chi connectivity index (χ3n) is 4.92. The van der Waals surface area contributed by atoms with Crippen LogP contribution in [0.1, 0.15) is 50.4 Å². The van der Waals surface area contributed by atoms with Gasteiger partial charge in [-0.25, -0.2) is 0 Å². The van der Waals surface area contributed by atoms with Crippen molar-refractivity contribution in [2.24, 2.45) is 17.8 Å². The highest BCUT2D eigenvalue weighted by atomic mass is 32.1. The quantitative estimate of drug-likeness (QED) is 0.899. The van der Waals surface area contributed by atoms with Crippen molar-refractivity contribution >= 4 is 23.2 Å². The van der Waals surface area contributed by atoms with Crippen molar-refractivity contribution in [2.75, 3.05) is 13.1 Å². The first-order valence-corrected chi connectivity index (χ1v) is 9.56. The van der Waals surface area contributed by atoms with Crippen LogP contribution in [0.5, 0.6) is 0 Å². The van der Waals surface area contributed by atoms with Crippen molar-refractivity contribution in [1.29, 1.82) is 0 Å². The van der Waals surface area contributed by atoms with E-state index in [-0.39, 0.29) is 23.8 Å². The van der Waals surface area contributed by atoms with Crippen LogP contribution in [0.25, 0.3) is 0 Å². The molecule has 2 aliphatic rings. The molecule has 1 unspecified atom stereocenters. The lowest BCUT2D eigenvalue weighted by atomic mass is 9.94. The summed E-state index contributed by atoms with van der Waals surface area (Å²) in [7, 11) is 0. The van der Waals surface area contributed by atoms with Gasteiger partial charge in [-0.3, -0.25) is 9.59 Å². The summed E-state index contributed by atoms with van der Waals surface area (Å²) in [4.78, 5) is 27.9. The third-order valence-corrected chi connectivity index (χ3v) is 5.87. The lowest BCUT2D eigenvalue weighted by Gasteiger charge is -2.32. The molecule has 1 saturated carbocycles. The number of nitrogens with zero attached hydrogens (tertiary/aromatic N) is 1. The molecular weight excluding hydrogens is 308 g/mol. The van der Waals surface area contributed by atoms with Crippen LogP contribution < -0.4 is 5.32 Å². The molecule has 4 nitrogen and oxygen atoms in total. The Hall–Kier alpha value is -1.36. The highest BCUT2D eigenvalue weighted by Gasteiger charge is 2.36. The summed E-state index contributed by atoms with van der Waals surface area (Å²) in [6.45, 7) is 5.75. The van der Waals surface area contributed by atoms with E-state index in [2.05, 4.69) is 30.6 Å². The van der Waals surface area contributed by atoms with Gasteiger partial charge in [0.1, 0.15) is 0 Å². The topological polar surface area (TPSA) is 49.4 Å². The molecule has 2 amide bonds. The minimum Gasteiger partial charge on any atom is -0.348 e. The SMILES string of the molecule is CC(C)C(NC(=O)C1CCN(C(=O)C2CC2)CC1)c1cccs1. The highest BCUT2D eigenvalue weighted by molar-refractivity contribution is 7.10. The molecule has 1 aliphatic heterocycles. The maximum atomic E-state index is 12.6. The highest BCUT2D eigenvalue weighted by Crippen LogP contribution is 2.33. The zero-order chi connectivity index (χ0) is 16.4. The number of hydrogen-bond donors (Lipinski definition) is 1. The number of carbonyl (C=O) groups is 2. The second kappa shape index (κ2) is 7.04. The van der Waals surface area contributed by atoms with Gasteiger partial charge in [0.15, 0.2) is 0 Å². The van der Waals surface area contributed by atoms with Gasteiger partial charge in [0.2, 0.25) is 11.8 Å². The fraction of sp³-hybridized carbons (Fsp3) is 0.667. The van der Waals surface area contributed by atoms with Crippen molar-refractivity contribution in [3.63, 3.8) is 0 Å². The number of nitrogens with one attached hydrogen (secondary N) is 1. The van der Waals surface area contributed by atoms with Crippen LogP contribution in [0.15, 0.2) is 17.5 Å². The Kier molecular flexibility index (Phi) is 5.05. The van der Waals surface area contributed by atoms with Crippen molar-refractivity contribution in [2.45, 2.75) is 45.6 Å². The molecule has 126 valence electrons. The summed E-state index contributed by atoms with van der Waals surface area (Å²) in [6.07, 6.45) is 3.69. The first kappa shape index (κ1) is 16.5. The molecule has 2 heterocycles. The van der Waals surface area contributed by atoms with Crippen molar-refractivity contribution in [3.05, 3.63) is 22.4 Å². The van der Waals surface area contributed by atoms with Gasteiger partial charge in [0.25, 0.3) is 0 Å². The monoisotopic (exact) mass is 334 g/mol. The molecule has 1 atom stereocenters. The van der Waals surface area contributed by atoms with Crippen LogP contribution in [-0.4, -0.2) is 29.8 Å². The first-order chi connectivity index (χ1) is 11.1. The van der Waals surface area contributed by atoms with Crippen LogP contribution in [0, 0.1) is 17.8 Å². The fourth-order valence-corrected chi connectivity index (χ4v) is 4.21. The molecule has 1 aromatic rings. The summed E-state index contributed by atoms with van der Waals surface area (Å²) in [5, 5.41) is 5.29. The maximum Gasteiger partial charge on any atom is 0.225 e. The zero-order valence-electron chi connectivity index (χ0n) is 14.0. The number of rotatable bonds is 5. The van der Waals surface area contributed by atoms with E-state index < -0.39 is 0 Å². The zero-order valence-corrected chi connectivity index (χ0v) is 14.8. The van der Waals surface area contributed by atoms with Gasteiger partial charge in [-0.2, -0.15) is 0 Å². The minimum atomic E-state index is 0.0412. The van der Waals surface area contributed by atoms with E-state index in [1.807, 2.05) is 11.0 Å². The fourth-order valence-electron chi connectivity index (χ4n) is 3.26. The van der Waals surface area contributed by atoms with Crippen LogP contribution >= 0.6 is 11.3 Å². The Morgan fingerprint density at radius 2 is 1.87 bits per heavy atom. The largest absolute Gasteiger partial charge is 0.348 e. The summed E-state index contributed by atoms with van der Waals surface area (Å²) in [5.74, 6) is 1.15. The lowest BCUT2D eigenvalue weighted by Crippen LogP contribution is -2.44. The molecule has 1 aromatic heterocycles. The third kappa shape index (κ3) is 3.94. The van der Waals surface area contributed by atoms with Crippen molar-refractivity contribution < 1.29 is 9.59 Å². The summed E-state index contributed by atoms with van der Waals surface area (Å²) in [6, 6.07) is 4.21. The molecule has 0 aromatic carbocycles. The van der Waals surface area contributed by atoms with Crippen LogP contribution in [0.3, 0.4) is 0 Å². The predicted molar refractivity (Wildman–Crippen MR) is 92.1 cm³/mol. The van der Waals surface area contributed by atoms with E-state index >= 15 is 0 Å². The van der Waals surface area contributed by atoms with Gasteiger partial charge in [-0.05, 0) is 43.0 Å². The molecule has 1 saturated heterocycles. The lowest BCUT2D eigenvalue weighted by molar-refractivity contribution is -0.136. The number of likely N-dealkylation sites (tertiary alicyclic amines) is 1. The average Bonchev–Trinajstić information content (AvgIpc) is 3.27. The van der Waals surface area contributed by atoms with Crippen molar-refractivity contribution in [1.82, 2.24) is 10.2 Å². The van der Waals surface area contributed by atoms with E-state index in [1.165, 1.54) is 4.88 Å². The molecule has 5 heteroatoms. The normalized spacial score (nSPS) is 20.6. The van der Waals surface area contributed by atoms with Gasteiger partial charge in [-0.1, -0.05) is 19.9 Å². The Labute approximate surface area is 142 Å². The van der Waals surface area contributed by atoms with Crippen LogP contribution in [-0.2, 0) is 9.59 Å². The van der Waals surface area contributed by atoms with Gasteiger partial charge in [0, 0.05) is 29.8 Å². The van der Waals surface area contributed by atoms with Crippen LogP contribution in [0.2, 0.25) is 0 Å². The molecule has 3 rings (SSSR count). The number of carbonyl (C=O) groups excluding carboxylic acids is 2. The van der Waals surface area contributed by atoms with Gasteiger partial charge < -0.3 is 10.2 Å². The van der Waals surface area contributed by atoms with E-state index in [1.54, 1.807) is 11.3 Å². The van der Waals surface area contributed by atoms with E-state index in [4.69, 9.17) is 0 Å². The smallest absolute Gasteiger partial charge is 0.225 e. The number of hydrogen-bond acceptors (Lipinski definition) is 3. The Morgan fingerprint density at radius 1 is 1.17 bits per heavy atom. The number of thiophene rings is 1. The standard InChI is InChI=1S/C18H26N2O2S/c1-12(2)16(15-4-3-11-23-15)19-17(21)13-7-9-20(10-8-13)18(22)14-5-6-14/h3-4,11-14,16H,5-10H2,1-2H3,(H,19,21).